The lowest BCUT2D eigenvalue weighted by atomic mass is 10.3. The second kappa shape index (κ2) is 5.57. The van der Waals surface area contributed by atoms with Crippen molar-refractivity contribution in [3.8, 4) is 0 Å². The van der Waals surface area contributed by atoms with Crippen molar-refractivity contribution in [2.45, 2.75) is 13.5 Å². The third-order valence-electron chi connectivity index (χ3n) is 2.56. The van der Waals surface area contributed by atoms with Crippen LogP contribution in [0, 0.1) is 12.7 Å². The second-order valence-corrected chi connectivity index (χ2v) is 4.14. The number of anilines is 2. The highest BCUT2D eigenvalue weighted by Crippen LogP contribution is 2.17. The van der Waals surface area contributed by atoms with Crippen molar-refractivity contribution in [3.05, 3.63) is 41.6 Å². The first-order valence-corrected chi connectivity index (χ1v) is 5.73. The number of nitrogens with zero attached hydrogens (tertiary/aromatic N) is 4. The lowest BCUT2D eigenvalue weighted by Gasteiger charge is -2.18. The standard InChI is InChI=1S/C12H15FN6/c1-8-4-3-5-9(16-8)7-19(2)11-10(13)6-15-12(17-11)18-14/h3-6H,7,14H2,1-2H3,(H,15,17,18). The molecule has 100 valence electrons. The van der Waals surface area contributed by atoms with E-state index in [-0.39, 0.29) is 11.8 Å². The molecule has 0 amide bonds. The average Bonchev–Trinajstić information content (AvgIpc) is 2.39. The van der Waals surface area contributed by atoms with Gasteiger partial charge in [-0.3, -0.25) is 10.4 Å². The van der Waals surface area contributed by atoms with E-state index in [9.17, 15) is 4.39 Å². The lowest BCUT2D eigenvalue weighted by Crippen LogP contribution is -2.21. The Kier molecular flexibility index (Phi) is 3.86. The summed E-state index contributed by atoms with van der Waals surface area (Å²) >= 11 is 0. The minimum Gasteiger partial charge on any atom is -0.351 e. The fourth-order valence-electron chi connectivity index (χ4n) is 1.70. The number of hydrogen-bond acceptors (Lipinski definition) is 6. The van der Waals surface area contributed by atoms with Gasteiger partial charge in [0.2, 0.25) is 5.95 Å². The molecule has 0 bridgehead atoms. The molecule has 0 saturated carbocycles. The Hall–Kier alpha value is -2.28. The fourth-order valence-corrected chi connectivity index (χ4v) is 1.70. The summed E-state index contributed by atoms with van der Waals surface area (Å²) in [6.07, 6.45) is 1.08. The van der Waals surface area contributed by atoms with E-state index in [1.165, 1.54) is 0 Å². The molecule has 0 fully saturated rings. The van der Waals surface area contributed by atoms with Crippen molar-refractivity contribution >= 4 is 11.8 Å². The van der Waals surface area contributed by atoms with Crippen LogP contribution in [0.3, 0.4) is 0 Å². The van der Waals surface area contributed by atoms with Gasteiger partial charge in [0, 0.05) is 12.7 Å². The highest BCUT2D eigenvalue weighted by molar-refractivity contribution is 5.43. The minimum atomic E-state index is -0.505. The predicted molar refractivity (Wildman–Crippen MR) is 70.9 cm³/mol. The first kappa shape index (κ1) is 13.2. The number of hydrogen-bond donors (Lipinski definition) is 2. The molecule has 0 radical (unpaired) electrons. The molecule has 0 saturated heterocycles. The molecule has 19 heavy (non-hydrogen) atoms. The van der Waals surface area contributed by atoms with Gasteiger partial charge in [0.1, 0.15) is 0 Å². The van der Waals surface area contributed by atoms with Crippen molar-refractivity contribution < 1.29 is 4.39 Å². The van der Waals surface area contributed by atoms with Crippen LogP contribution in [0.1, 0.15) is 11.4 Å². The third-order valence-corrected chi connectivity index (χ3v) is 2.56. The Morgan fingerprint density at radius 2 is 2.16 bits per heavy atom. The van der Waals surface area contributed by atoms with Gasteiger partial charge in [-0.05, 0) is 19.1 Å². The fraction of sp³-hybridized carbons (Fsp3) is 0.250. The third kappa shape index (κ3) is 3.14. The number of aromatic nitrogens is 3. The number of pyridine rings is 1. The molecule has 2 aromatic heterocycles. The Balaban J connectivity index is 2.22. The van der Waals surface area contributed by atoms with Crippen LogP contribution < -0.4 is 16.2 Å². The van der Waals surface area contributed by atoms with Gasteiger partial charge in [0.15, 0.2) is 11.6 Å². The zero-order valence-electron chi connectivity index (χ0n) is 10.8. The number of aryl methyl sites for hydroxylation is 1. The van der Waals surface area contributed by atoms with Gasteiger partial charge < -0.3 is 4.90 Å². The van der Waals surface area contributed by atoms with E-state index in [1.54, 1.807) is 11.9 Å². The maximum atomic E-state index is 13.7. The molecule has 2 heterocycles. The zero-order valence-corrected chi connectivity index (χ0v) is 10.8. The Bertz CT molecular complexity index is 574. The molecule has 0 aliphatic carbocycles. The smallest absolute Gasteiger partial charge is 0.239 e. The predicted octanol–water partition coefficient (Wildman–Crippen LogP) is 1.24. The van der Waals surface area contributed by atoms with Crippen molar-refractivity contribution in [1.82, 2.24) is 15.0 Å². The maximum Gasteiger partial charge on any atom is 0.239 e. The molecular formula is C12H15FN6. The molecule has 6 nitrogen and oxygen atoms in total. The molecule has 7 heteroatoms. The van der Waals surface area contributed by atoms with Crippen LogP contribution >= 0.6 is 0 Å². The van der Waals surface area contributed by atoms with Crippen molar-refractivity contribution in [3.63, 3.8) is 0 Å². The number of nitrogen functional groups attached to an aromatic ring is 1. The highest BCUT2D eigenvalue weighted by Gasteiger charge is 2.12. The van der Waals surface area contributed by atoms with Crippen LogP contribution in [0.2, 0.25) is 0 Å². The van der Waals surface area contributed by atoms with Gasteiger partial charge in [-0.1, -0.05) is 6.07 Å². The van der Waals surface area contributed by atoms with Crippen molar-refractivity contribution in [1.29, 1.82) is 0 Å². The molecule has 0 aliphatic heterocycles. The van der Waals surface area contributed by atoms with Crippen LogP contribution in [0.15, 0.2) is 24.4 Å². The zero-order chi connectivity index (χ0) is 13.8. The van der Waals surface area contributed by atoms with Gasteiger partial charge in [-0.15, -0.1) is 0 Å². The summed E-state index contributed by atoms with van der Waals surface area (Å²) < 4.78 is 13.7. The molecule has 0 spiro atoms. The quantitative estimate of drug-likeness (QED) is 0.637. The lowest BCUT2D eigenvalue weighted by molar-refractivity contribution is 0.607. The molecular weight excluding hydrogens is 247 g/mol. The summed E-state index contributed by atoms with van der Waals surface area (Å²) in [6, 6.07) is 5.70. The van der Waals surface area contributed by atoms with E-state index >= 15 is 0 Å². The first-order chi connectivity index (χ1) is 9.10. The normalized spacial score (nSPS) is 10.3. The SMILES string of the molecule is Cc1cccc(CN(C)c2nc(NN)ncc2F)n1. The highest BCUT2D eigenvalue weighted by atomic mass is 19.1. The van der Waals surface area contributed by atoms with Crippen molar-refractivity contribution in [2.24, 2.45) is 5.84 Å². The monoisotopic (exact) mass is 262 g/mol. The van der Waals surface area contributed by atoms with Crippen LogP contribution in [-0.2, 0) is 6.54 Å². The Labute approximate surface area is 110 Å². The maximum absolute atomic E-state index is 13.7. The van der Waals surface area contributed by atoms with Gasteiger partial charge in [0.05, 0.1) is 18.4 Å². The van der Waals surface area contributed by atoms with E-state index in [0.717, 1.165) is 17.6 Å². The Morgan fingerprint density at radius 3 is 2.84 bits per heavy atom. The van der Waals surface area contributed by atoms with Crippen LogP contribution in [0.25, 0.3) is 0 Å². The number of rotatable bonds is 4. The molecule has 2 rings (SSSR count). The molecule has 3 N–H and O–H groups in total. The van der Waals surface area contributed by atoms with E-state index in [4.69, 9.17) is 5.84 Å². The summed E-state index contributed by atoms with van der Waals surface area (Å²) in [5.74, 6) is 5.05. The molecule has 0 aliphatic rings. The largest absolute Gasteiger partial charge is 0.351 e. The summed E-state index contributed by atoms with van der Waals surface area (Å²) in [4.78, 5) is 13.7. The van der Waals surface area contributed by atoms with Crippen LogP contribution in [0.5, 0.6) is 0 Å². The minimum absolute atomic E-state index is 0.167. The van der Waals surface area contributed by atoms with Gasteiger partial charge in [-0.25, -0.2) is 15.2 Å². The molecule has 2 aromatic rings. The van der Waals surface area contributed by atoms with Gasteiger partial charge >= 0.3 is 0 Å². The summed E-state index contributed by atoms with van der Waals surface area (Å²) in [6.45, 7) is 2.35. The van der Waals surface area contributed by atoms with Crippen LogP contribution in [0.4, 0.5) is 16.2 Å². The van der Waals surface area contributed by atoms with E-state index in [1.807, 2.05) is 25.1 Å². The number of nitrogens with two attached hydrogens (primary N) is 1. The summed E-state index contributed by atoms with van der Waals surface area (Å²) in [5.41, 5.74) is 4.04. The summed E-state index contributed by atoms with van der Waals surface area (Å²) in [7, 11) is 1.73. The van der Waals surface area contributed by atoms with Crippen molar-refractivity contribution in [2.75, 3.05) is 17.4 Å². The Morgan fingerprint density at radius 1 is 1.37 bits per heavy atom. The summed E-state index contributed by atoms with van der Waals surface area (Å²) in [5, 5.41) is 0. The van der Waals surface area contributed by atoms with E-state index in [0.29, 0.717) is 6.54 Å². The van der Waals surface area contributed by atoms with E-state index in [2.05, 4.69) is 20.4 Å². The topological polar surface area (TPSA) is 80.0 Å². The van der Waals surface area contributed by atoms with Gasteiger partial charge in [-0.2, -0.15) is 4.98 Å². The number of nitrogens with one attached hydrogen (secondary N) is 1. The average molecular weight is 262 g/mol. The number of hydrazine groups is 1. The number of halogens is 1. The molecule has 0 unspecified atom stereocenters. The van der Waals surface area contributed by atoms with Crippen LogP contribution in [-0.4, -0.2) is 22.0 Å². The van der Waals surface area contributed by atoms with E-state index < -0.39 is 5.82 Å². The molecule has 0 atom stereocenters. The first-order valence-electron chi connectivity index (χ1n) is 5.73. The molecule has 0 aromatic carbocycles. The van der Waals surface area contributed by atoms with Gasteiger partial charge in [0.25, 0.3) is 0 Å². The second-order valence-electron chi connectivity index (χ2n) is 4.14.